The maximum absolute atomic E-state index is 5.18. The zero-order valence-corrected chi connectivity index (χ0v) is 13.7. The summed E-state index contributed by atoms with van der Waals surface area (Å²) in [6, 6.07) is 8.26. The molecule has 0 amide bonds. The van der Waals surface area contributed by atoms with Crippen LogP contribution in [0.2, 0.25) is 0 Å². The van der Waals surface area contributed by atoms with Crippen molar-refractivity contribution in [2.24, 2.45) is 0 Å². The Balaban J connectivity index is 2.79. The van der Waals surface area contributed by atoms with E-state index in [2.05, 4.69) is 41.9 Å². The molecule has 1 aromatic carbocycles. The lowest BCUT2D eigenvalue weighted by Crippen LogP contribution is -1.85. The maximum atomic E-state index is 5.18. The number of benzene rings is 1. The lowest BCUT2D eigenvalue weighted by atomic mass is 10.2. The van der Waals surface area contributed by atoms with Crippen LogP contribution >= 0.6 is 27.7 Å². The van der Waals surface area contributed by atoms with Crippen molar-refractivity contribution in [1.82, 2.24) is 0 Å². The molecule has 1 aromatic rings. The zero-order chi connectivity index (χ0) is 13.4. The second kappa shape index (κ2) is 8.65. The predicted octanol–water partition coefficient (Wildman–Crippen LogP) is 5.99. The highest BCUT2D eigenvalue weighted by molar-refractivity contribution is 9.11. The van der Waals surface area contributed by atoms with Crippen molar-refractivity contribution in [3.05, 3.63) is 33.7 Å². The molecule has 0 radical (unpaired) electrons. The Bertz CT molecular complexity index is 384. The highest BCUT2D eigenvalue weighted by Crippen LogP contribution is 2.36. The summed E-state index contributed by atoms with van der Waals surface area (Å²) in [6.07, 6.45) is 4.62. The fourth-order valence-corrected chi connectivity index (χ4v) is 3.53. The van der Waals surface area contributed by atoms with Gasteiger partial charge in [0, 0.05) is 9.38 Å². The summed E-state index contributed by atoms with van der Waals surface area (Å²) in [5, 5.41) is 0. The van der Waals surface area contributed by atoms with E-state index in [1.165, 1.54) is 27.1 Å². The number of hydrogen-bond acceptors (Lipinski definition) is 2. The second-order valence-electron chi connectivity index (χ2n) is 4.11. The average Bonchev–Trinajstić information content (AvgIpc) is 2.39. The molecule has 0 saturated carbocycles. The van der Waals surface area contributed by atoms with Gasteiger partial charge in [-0.2, -0.15) is 0 Å². The largest absolute Gasteiger partial charge is 0.497 e. The monoisotopic (exact) mass is 328 g/mol. The second-order valence-corrected chi connectivity index (χ2v) is 6.23. The summed E-state index contributed by atoms with van der Waals surface area (Å²) >= 11 is 5.58. The van der Waals surface area contributed by atoms with Gasteiger partial charge in [-0.05, 0) is 42.0 Å². The number of allylic oxidation sites excluding steroid dienone is 2. The van der Waals surface area contributed by atoms with Crippen molar-refractivity contribution in [1.29, 1.82) is 0 Å². The Morgan fingerprint density at radius 2 is 1.72 bits per heavy atom. The molecule has 0 aromatic heterocycles. The van der Waals surface area contributed by atoms with E-state index in [-0.39, 0.29) is 0 Å². The average molecular weight is 329 g/mol. The molecule has 0 unspecified atom stereocenters. The molecule has 0 aliphatic rings. The quantitative estimate of drug-likeness (QED) is 0.568. The lowest BCUT2D eigenvalue weighted by Gasteiger charge is -2.10. The van der Waals surface area contributed by atoms with Crippen LogP contribution in [0.3, 0.4) is 0 Å². The first-order valence-electron chi connectivity index (χ1n) is 6.40. The zero-order valence-electron chi connectivity index (χ0n) is 11.3. The van der Waals surface area contributed by atoms with E-state index >= 15 is 0 Å². The maximum Gasteiger partial charge on any atom is 0.118 e. The number of thioether (sulfide) groups is 1. The van der Waals surface area contributed by atoms with Gasteiger partial charge in [0.1, 0.15) is 5.75 Å². The molecule has 0 spiro atoms. The fraction of sp³-hybridized carbons (Fsp3) is 0.467. The molecule has 0 aliphatic carbocycles. The molecule has 3 heteroatoms. The van der Waals surface area contributed by atoms with Gasteiger partial charge in [-0.25, -0.2) is 0 Å². The first-order chi connectivity index (χ1) is 8.71. The van der Waals surface area contributed by atoms with Gasteiger partial charge in [-0.3, -0.25) is 0 Å². The van der Waals surface area contributed by atoms with Crippen molar-refractivity contribution in [3.63, 3.8) is 0 Å². The third-order valence-electron chi connectivity index (χ3n) is 2.55. The molecule has 1 nitrogen and oxygen atoms in total. The summed E-state index contributed by atoms with van der Waals surface area (Å²) in [5.41, 5.74) is 0. The van der Waals surface area contributed by atoms with Gasteiger partial charge in [0.2, 0.25) is 0 Å². The van der Waals surface area contributed by atoms with Crippen LogP contribution in [0.1, 0.15) is 39.5 Å². The van der Waals surface area contributed by atoms with Crippen LogP contribution in [0.25, 0.3) is 0 Å². The van der Waals surface area contributed by atoms with Crippen LogP contribution in [0, 0.1) is 0 Å². The van der Waals surface area contributed by atoms with E-state index in [9.17, 15) is 0 Å². The van der Waals surface area contributed by atoms with E-state index in [4.69, 9.17) is 4.74 Å². The molecule has 0 aliphatic heterocycles. The minimum atomic E-state index is 0.910. The molecule has 100 valence electrons. The molecule has 0 saturated heterocycles. The van der Waals surface area contributed by atoms with Crippen molar-refractivity contribution < 1.29 is 4.74 Å². The van der Waals surface area contributed by atoms with Crippen LogP contribution < -0.4 is 4.74 Å². The van der Waals surface area contributed by atoms with E-state index in [1.54, 1.807) is 7.11 Å². The number of methoxy groups -OCH3 is 1. The van der Waals surface area contributed by atoms with Gasteiger partial charge in [0.15, 0.2) is 0 Å². The number of halogens is 1. The first-order valence-corrected chi connectivity index (χ1v) is 8.01. The molecule has 1 rings (SSSR count). The normalized spacial score (nSPS) is 12.2. The molecule has 18 heavy (non-hydrogen) atoms. The Morgan fingerprint density at radius 3 is 2.22 bits per heavy atom. The standard InChI is InChI=1S/C15H21BrOS/c1-4-6-14(16)15(7-5-2)18-13-10-8-12(17-3)9-11-13/h8-11H,4-7H2,1-3H3/b15-14+. The summed E-state index contributed by atoms with van der Waals surface area (Å²) < 4.78 is 6.53. The third kappa shape index (κ3) is 5.07. The van der Waals surface area contributed by atoms with Crippen molar-refractivity contribution in [2.75, 3.05) is 7.11 Å². The Hall–Kier alpha value is -0.410. The Labute approximate surface area is 123 Å². The third-order valence-corrected chi connectivity index (χ3v) is 4.89. The summed E-state index contributed by atoms with van der Waals surface area (Å²) in [5.74, 6) is 0.910. The van der Waals surface area contributed by atoms with E-state index in [0.717, 1.165) is 18.6 Å². The van der Waals surface area contributed by atoms with Crippen LogP contribution in [0.4, 0.5) is 0 Å². The van der Waals surface area contributed by atoms with Gasteiger partial charge in [0.25, 0.3) is 0 Å². The number of rotatable bonds is 7. The van der Waals surface area contributed by atoms with E-state index in [1.807, 2.05) is 23.9 Å². The molecular weight excluding hydrogens is 308 g/mol. The Morgan fingerprint density at radius 1 is 1.11 bits per heavy atom. The highest BCUT2D eigenvalue weighted by atomic mass is 79.9. The SMILES string of the molecule is CCC/C(Br)=C(/CCC)Sc1ccc(OC)cc1. The van der Waals surface area contributed by atoms with Crippen LogP contribution in [-0.2, 0) is 0 Å². The number of ether oxygens (including phenoxy) is 1. The topological polar surface area (TPSA) is 9.23 Å². The first kappa shape index (κ1) is 15.6. The van der Waals surface area contributed by atoms with E-state index < -0.39 is 0 Å². The van der Waals surface area contributed by atoms with Crippen molar-refractivity contribution in [3.8, 4) is 5.75 Å². The van der Waals surface area contributed by atoms with Crippen LogP contribution in [-0.4, -0.2) is 7.11 Å². The predicted molar refractivity (Wildman–Crippen MR) is 84.6 cm³/mol. The smallest absolute Gasteiger partial charge is 0.118 e. The molecule has 0 heterocycles. The highest BCUT2D eigenvalue weighted by Gasteiger charge is 2.06. The van der Waals surface area contributed by atoms with Gasteiger partial charge < -0.3 is 4.74 Å². The molecule has 0 bridgehead atoms. The minimum absolute atomic E-state index is 0.910. The van der Waals surface area contributed by atoms with Gasteiger partial charge in [-0.15, -0.1) is 0 Å². The molecular formula is C15H21BrOS. The van der Waals surface area contributed by atoms with Crippen molar-refractivity contribution in [2.45, 2.75) is 44.4 Å². The fourth-order valence-electron chi connectivity index (χ4n) is 1.61. The summed E-state index contributed by atoms with van der Waals surface area (Å²) in [4.78, 5) is 2.72. The lowest BCUT2D eigenvalue weighted by molar-refractivity contribution is 0.414. The molecule has 0 N–H and O–H groups in total. The van der Waals surface area contributed by atoms with Gasteiger partial charge in [0.05, 0.1) is 7.11 Å². The Kier molecular flexibility index (Phi) is 7.52. The van der Waals surface area contributed by atoms with Gasteiger partial charge >= 0.3 is 0 Å². The van der Waals surface area contributed by atoms with E-state index in [0.29, 0.717) is 0 Å². The minimum Gasteiger partial charge on any atom is -0.497 e. The van der Waals surface area contributed by atoms with Gasteiger partial charge in [-0.1, -0.05) is 54.4 Å². The summed E-state index contributed by atoms with van der Waals surface area (Å²) in [7, 11) is 1.70. The van der Waals surface area contributed by atoms with Crippen molar-refractivity contribution >= 4 is 27.7 Å². The number of hydrogen-bond donors (Lipinski definition) is 0. The molecule has 0 fully saturated rings. The summed E-state index contributed by atoms with van der Waals surface area (Å²) in [6.45, 7) is 4.43. The van der Waals surface area contributed by atoms with Crippen LogP contribution in [0.5, 0.6) is 5.75 Å². The van der Waals surface area contributed by atoms with Crippen LogP contribution in [0.15, 0.2) is 38.5 Å². The molecule has 0 atom stereocenters.